The average Bonchev–Trinajstić information content (AvgIpc) is 2.52. The molecule has 0 radical (unpaired) electrons. The summed E-state index contributed by atoms with van der Waals surface area (Å²) in [5.41, 5.74) is 3.73. The number of ether oxygens (including phenoxy) is 2. The van der Waals surface area contributed by atoms with Gasteiger partial charge in [0.15, 0.2) is 11.5 Å². The minimum absolute atomic E-state index is 0.774. The molecular formula is C13H17NO2. The first kappa shape index (κ1) is 10.9. The fourth-order valence-corrected chi connectivity index (χ4v) is 2.07. The number of benzene rings is 1. The fourth-order valence-electron chi connectivity index (χ4n) is 2.07. The summed E-state index contributed by atoms with van der Waals surface area (Å²) in [5.74, 6) is 1.55. The lowest BCUT2D eigenvalue weighted by Gasteiger charge is -2.08. The van der Waals surface area contributed by atoms with Crippen LogP contribution in [0, 0.1) is 13.8 Å². The molecule has 0 spiro atoms. The van der Waals surface area contributed by atoms with E-state index in [4.69, 9.17) is 9.47 Å². The van der Waals surface area contributed by atoms with Crippen molar-refractivity contribution in [2.24, 2.45) is 7.05 Å². The Hall–Kier alpha value is -1.64. The number of hydrogen-bond acceptors (Lipinski definition) is 2. The van der Waals surface area contributed by atoms with Crippen LogP contribution < -0.4 is 9.47 Å². The van der Waals surface area contributed by atoms with E-state index in [1.165, 1.54) is 22.2 Å². The monoisotopic (exact) mass is 219 g/mol. The lowest BCUT2D eigenvalue weighted by atomic mass is 10.1. The fraction of sp³-hybridized carbons (Fsp3) is 0.385. The van der Waals surface area contributed by atoms with Gasteiger partial charge in [0.2, 0.25) is 0 Å². The van der Waals surface area contributed by atoms with Crippen molar-refractivity contribution in [1.82, 2.24) is 4.57 Å². The van der Waals surface area contributed by atoms with E-state index in [0.29, 0.717) is 0 Å². The van der Waals surface area contributed by atoms with Crippen LogP contribution in [0.4, 0.5) is 0 Å². The van der Waals surface area contributed by atoms with Crippen molar-refractivity contribution in [2.45, 2.75) is 13.8 Å². The van der Waals surface area contributed by atoms with E-state index in [1.807, 2.05) is 12.1 Å². The van der Waals surface area contributed by atoms with Gasteiger partial charge in [-0.1, -0.05) is 0 Å². The van der Waals surface area contributed by atoms with Crippen molar-refractivity contribution < 1.29 is 9.47 Å². The third-order valence-corrected chi connectivity index (χ3v) is 3.31. The number of fused-ring (bicyclic) bond motifs is 1. The molecule has 16 heavy (non-hydrogen) atoms. The maximum Gasteiger partial charge on any atom is 0.162 e. The zero-order chi connectivity index (χ0) is 11.9. The highest BCUT2D eigenvalue weighted by atomic mass is 16.5. The van der Waals surface area contributed by atoms with Gasteiger partial charge in [-0.15, -0.1) is 0 Å². The van der Waals surface area contributed by atoms with Crippen LogP contribution in [0.3, 0.4) is 0 Å². The van der Waals surface area contributed by atoms with E-state index in [2.05, 4.69) is 25.5 Å². The van der Waals surface area contributed by atoms with Crippen molar-refractivity contribution in [3.63, 3.8) is 0 Å². The van der Waals surface area contributed by atoms with Gasteiger partial charge >= 0.3 is 0 Å². The third kappa shape index (κ3) is 1.35. The molecule has 0 saturated heterocycles. The first-order valence-electron chi connectivity index (χ1n) is 5.27. The lowest BCUT2D eigenvalue weighted by Crippen LogP contribution is -1.93. The predicted octanol–water partition coefficient (Wildman–Crippen LogP) is 2.81. The molecule has 0 fully saturated rings. The first-order valence-corrected chi connectivity index (χ1v) is 5.27. The second-order valence-electron chi connectivity index (χ2n) is 3.99. The molecule has 0 saturated carbocycles. The van der Waals surface area contributed by atoms with Gasteiger partial charge in [0.1, 0.15) is 0 Å². The summed E-state index contributed by atoms with van der Waals surface area (Å²) in [4.78, 5) is 0. The van der Waals surface area contributed by atoms with Crippen molar-refractivity contribution in [1.29, 1.82) is 0 Å². The van der Waals surface area contributed by atoms with Gasteiger partial charge in [0, 0.05) is 24.2 Å². The first-order chi connectivity index (χ1) is 7.60. The normalized spacial score (nSPS) is 10.8. The molecule has 1 aromatic carbocycles. The van der Waals surface area contributed by atoms with Crippen LogP contribution in [0.5, 0.6) is 11.5 Å². The molecule has 2 aromatic rings. The van der Waals surface area contributed by atoms with Crippen molar-refractivity contribution in [2.75, 3.05) is 14.2 Å². The molecule has 0 aliphatic heterocycles. The van der Waals surface area contributed by atoms with Gasteiger partial charge in [-0.05, 0) is 25.5 Å². The molecule has 3 nitrogen and oxygen atoms in total. The third-order valence-electron chi connectivity index (χ3n) is 3.31. The van der Waals surface area contributed by atoms with E-state index in [0.717, 1.165) is 11.5 Å². The Morgan fingerprint density at radius 1 is 1.00 bits per heavy atom. The second-order valence-corrected chi connectivity index (χ2v) is 3.99. The van der Waals surface area contributed by atoms with Gasteiger partial charge in [0.25, 0.3) is 0 Å². The molecule has 0 atom stereocenters. The maximum absolute atomic E-state index is 5.31. The minimum Gasteiger partial charge on any atom is -0.493 e. The summed E-state index contributed by atoms with van der Waals surface area (Å²) in [5, 5.41) is 1.22. The molecule has 0 unspecified atom stereocenters. The zero-order valence-electron chi connectivity index (χ0n) is 10.4. The summed E-state index contributed by atoms with van der Waals surface area (Å²) >= 11 is 0. The number of rotatable bonds is 2. The number of nitrogens with zero attached hydrogens (tertiary/aromatic N) is 1. The molecule has 0 N–H and O–H groups in total. The van der Waals surface area contributed by atoms with Crippen LogP contribution in [0.15, 0.2) is 12.1 Å². The molecule has 1 heterocycles. The van der Waals surface area contributed by atoms with Gasteiger partial charge in [-0.25, -0.2) is 0 Å². The molecule has 2 rings (SSSR count). The Kier molecular flexibility index (Phi) is 2.54. The Morgan fingerprint density at radius 2 is 1.56 bits per heavy atom. The summed E-state index contributed by atoms with van der Waals surface area (Å²) in [6.07, 6.45) is 0. The molecule has 0 aliphatic carbocycles. The Labute approximate surface area is 95.6 Å². The van der Waals surface area contributed by atoms with Crippen molar-refractivity contribution in [3.05, 3.63) is 23.4 Å². The number of aromatic nitrogens is 1. The summed E-state index contributed by atoms with van der Waals surface area (Å²) in [6.45, 7) is 4.25. The zero-order valence-corrected chi connectivity index (χ0v) is 10.4. The molecule has 1 aromatic heterocycles. The molecular weight excluding hydrogens is 202 g/mol. The van der Waals surface area contributed by atoms with Crippen LogP contribution in [0.2, 0.25) is 0 Å². The van der Waals surface area contributed by atoms with Crippen LogP contribution in [0.25, 0.3) is 10.9 Å². The van der Waals surface area contributed by atoms with E-state index in [1.54, 1.807) is 14.2 Å². The van der Waals surface area contributed by atoms with E-state index >= 15 is 0 Å². The molecule has 0 aliphatic rings. The van der Waals surface area contributed by atoms with Crippen molar-refractivity contribution in [3.8, 4) is 11.5 Å². The minimum atomic E-state index is 0.774. The van der Waals surface area contributed by atoms with Crippen LogP contribution in [0.1, 0.15) is 11.3 Å². The van der Waals surface area contributed by atoms with Gasteiger partial charge in [-0.2, -0.15) is 0 Å². The molecule has 0 amide bonds. The number of hydrogen-bond donors (Lipinski definition) is 0. The largest absolute Gasteiger partial charge is 0.493 e. The van der Waals surface area contributed by atoms with Crippen molar-refractivity contribution >= 4 is 10.9 Å². The summed E-state index contributed by atoms with van der Waals surface area (Å²) in [7, 11) is 5.39. The summed E-state index contributed by atoms with van der Waals surface area (Å²) < 4.78 is 12.8. The average molecular weight is 219 g/mol. The van der Waals surface area contributed by atoms with E-state index in [-0.39, 0.29) is 0 Å². The Balaban J connectivity index is 2.83. The standard InChI is InChI=1S/C13H17NO2/c1-8-9(2)14(3)11-7-13(16-5)12(15-4)6-10(8)11/h6-7H,1-5H3. The quantitative estimate of drug-likeness (QED) is 0.775. The van der Waals surface area contributed by atoms with Gasteiger partial charge in [-0.3, -0.25) is 0 Å². The highest BCUT2D eigenvalue weighted by Gasteiger charge is 2.12. The molecule has 3 heteroatoms. The van der Waals surface area contributed by atoms with E-state index < -0.39 is 0 Å². The Morgan fingerprint density at radius 3 is 2.12 bits per heavy atom. The van der Waals surface area contributed by atoms with Crippen LogP contribution in [-0.2, 0) is 7.05 Å². The topological polar surface area (TPSA) is 23.4 Å². The smallest absolute Gasteiger partial charge is 0.162 e. The second kappa shape index (κ2) is 3.74. The highest BCUT2D eigenvalue weighted by molar-refractivity contribution is 5.88. The van der Waals surface area contributed by atoms with Crippen LogP contribution in [-0.4, -0.2) is 18.8 Å². The van der Waals surface area contributed by atoms with Crippen LogP contribution >= 0.6 is 0 Å². The highest BCUT2D eigenvalue weighted by Crippen LogP contribution is 2.35. The number of aryl methyl sites for hydroxylation is 2. The maximum atomic E-state index is 5.31. The SMILES string of the molecule is COc1cc2c(C)c(C)n(C)c2cc1OC. The molecule has 0 bridgehead atoms. The lowest BCUT2D eigenvalue weighted by molar-refractivity contribution is 0.355. The van der Waals surface area contributed by atoms with Gasteiger partial charge in [0.05, 0.1) is 19.7 Å². The summed E-state index contributed by atoms with van der Waals surface area (Å²) in [6, 6.07) is 4.06. The number of methoxy groups -OCH3 is 2. The van der Waals surface area contributed by atoms with Gasteiger partial charge < -0.3 is 14.0 Å². The van der Waals surface area contributed by atoms with E-state index in [9.17, 15) is 0 Å². The molecule has 86 valence electrons. The predicted molar refractivity (Wildman–Crippen MR) is 65.5 cm³/mol. The Bertz CT molecular complexity index is 494.